The third-order valence-electron chi connectivity index (χ3n) is 5.36. The van der Waals surface area contributed by atoms with Crippen LogP contribution in [-0.4, -0.2) is 36.3 Å². The molecule has 0 saturated carbocycles. The monoisotopic (exact) mass is 356 g/mol. The highest BCUT2D eigenvalue weighted by atomic mass is 16.5. The van der Waals surface area contributed by atoms with Crippen molar-refractivity contribution in [2.45, 2.75) is 45.3 Å². The molecule has 1 aromatic carbocycles. The largest absolute Gasteiger partial charge is 0.714 e. The van der Waals surface area contributed by atoms with Gasteiger partial charge in [0.15, 0.2) is 5.54 Å². The second-order valence-corrected chi connectivity index (χ2v) is 7.49. The van der Waals surface area contributed by atoms with Crippen molar-refractivity contribution in [3.8, 4) is 0 Å². The number of rotatable bonds is 3. The molecule has 3 rings (SSSR count). The van der Waals surface area contributed by atoms with Crippen LogP contribution in [0.4, 0.5) is 5.82 Å². The zero-order valence-electron chi connectivity index (χ0n) is 15.3. The van der Waals surface area contributed by atoms with Crippen molar-refractivity contribution < 1.29 is 9.95 Å². The van der Waals surface area contributed by atoms with Gasteiger partial charge in [0.05, 0.1) is 12.1 Å². The molecule has 2 heterocycles. The lowest BCUT2D eigenvalue weighted by molar-refractivity contribution is -0.539. The molecule has 8 nitrogen and oxygen atoms in total. The van der Waals surface area contributed by atoms with Crippen molar-refractivity contribution in [3.63, 3.8) is 0 Å². The summed E-state index contributed by atoms with van der Waals surface area (Å²) in [6, 6.07) is 8.55. The fourth-order valence-corrected chi connectivity index (χ4v) is 2.86. The van der Waals surface area contributed by atoms with Crippen molar-refractivity contribution >= 4 is 11.7 Å². The van der Waals surface area contributed by atoms with Crippen LogP contribution in [0.2, 0.25) is 0 Å². The van der Waals surface area contributed by atoms with E-state index in [0.717, 1.165) is 15.4 Å². The maximum Gasteiger partial charge on any atom is 0.349 e. The van der Waals surface area contributed by atoms with Gasteiger partial charge < -0.3 is 10.9 Å². The molecule has 0 amide bonds. The summed E-state index contributed by atoms with van der Waals surface area (Å²) in [6.07, 6.45) is 1.58. The van der Waals surface area contributed by atoms with Gasteiger partial charge in [0, 0.05) is 11.4 Å². The molecule has 1 aromatic heterocycles. The minimum Gasteiger partial charge on any atom is -0.714 e. The number of nitrogens with zero attached hydrogens (tertiary/aromatic N) is 4. The molecule has 8 heteroatoms. The van der Waals surface area contributed by atoms with Crippen LogP contribution in [-0.2, 0) is 11.8 Å². The van der Waals surface area contributed by atoms with Gasteiger partial charge in [-0.05, 0) is 51.5 Å². The number of hydrogen-bond acceptors (Lipinski definition) is 5. The van der Waals surface area contributed by atoms with Crippen LogP contribution in [0.15, 0.2) is 41.3 Å². The van der Waals surface area contributed by atoms with Gasteiger partial charge in [0.1, 0.15) is 11.4 Å². The average Bonchev–Trinajstić information content (AvgIpc) is 2.69. The highest BCUT2D eigenvalue weighted by Gasteiger charge is 2.59. The van der Waals surface area contributed by atoms with Gasteiger partial charge in [-0.25, -0.2) is 4.79 Å². The standard InChI is InChI=1S/C18H22N5O3/c1-17(2)18(3,4)23(26)15(22(17)25)13-7-5-12(6-8-13)11-21-10-9-14(19)20-16(21)24/h5-10H,11H2,1-4H3,(H2,19,20,24). The number of anilines is 1. The second kappa shape index (κ2) is 5.84. The van der Waals surface area contributed by atoms with Crippen LogP contribution in [0.25, 0.3) is 0 Å². The fourth-order valence-electron chi connectivity index (χ4n) is 2.86. The maximum atomic E-state index is 12.7. The molecule has 2 aromatic rings. The summed E-state index contributed by atoms with van der Waals surface area (Å²) < 4.78 is 2.21. The molecule has 1 aliphatic rings. The van der Waals surface area contributed by atoms with Crippen molar-refractivity contribution in [3.05, 3.63) is 63.3 Å². The normalized spacial score (nSPS) is 18.4. The molecule has 0 spiro atoms. The summed E-state index contributed by atoms with van der Waals surface area (Å²) in [5.74, 6) is 0.272. The molecule has 1 radical (unpaired) electrons. The predicted molar refractivity (Wildman–Crippen MR) is 96.9 cm³/mol. The summed E-state index contributed by atoms with van der Waals surface area (Å²) >= 11 is 0. The Labute approximate surface area is 151 Å². The number of nitrogen functional groups attached to an aromatic ring is 1. The van der Waals surface area contributed by atoms with Gasteiger partial charge in [-0.2, -0.15) is 4.98 Å². The predicted octanol–water partition coefficient (Wildman–Crippen LogP) is 1.35. The van der Waals surface area contributed by atoms with Crippen LogP contribution in [0, 0.1) is 5.21 Å². The second-order valence-electron chi connectivity index (χ2n) is 7.49. The lowest BCUT2D eigenvalue weighted by atomic mass is 9.84. The van der Waals surface area contributed by atoms with Crippen LogP contribution in [0.1, 0.15) is 38.8 Å². The van der Waals surface area contributed by atoms with Crippen LogP contribution in [0.3, 0.4) is 0 Å². The van der Waals surface area contributed by atoms with E-state index in [9.17, 15) is 15.2 Å². The Balaban J connectivity index is 1.91. The molecule has 2 N–H and O–H groups in total. The van der Waals surface area contributed by atoms with Crippen molar-refractivity contribution in [2.75, 3.05) is 5.73 Å². The summed E-state index contributed by atoms with van der Waals surface area (Å²) in [6.45, 7) is 7.35. The number of amidine groups is 1. The summed E-state index contributed by atoms with van der Waals surface area (Å²) in [5.41, 5.74) is 4.73. The maximum absolute atomic E-state index is 12.7. The summed E-state index contributed by atoms with van der Waals surface area (Å²) in [7, 11) is 0. The molecule has 0 fully saturated rings. The van der Waals surface area contributed by atoms with E-state index in [4.69, 9.17) is 5.73 Å². The zero-order valence-corrected chi connectivity index (χ0v) is 15.3. The average molecular weight is 356 g/mol. The molecule has 0 bridgehead atoms. The first-order valence-corrected chi connectivity index (χ1v) is 8.29. The number of hydrogen-bond donors (Lipinski definition) is 1. The molecule has 0 saturated heterocycles. The summed E-state index contributed by atoms with van der Waals surface area (Å²) in [4.78, 5) is 15.5. The molecule has 0 atom stereocenters. The van der Waals surface area contributed by atoms with Crippen LogP contribution < -0.4 is 11.4 Å². The Morgan fingerprint density at radius 1 is 1.15 bits per heavy atom. The topological polar surface area (TPSA) is 110 Å². The van der Waals surface area contributed by atoms with Crippen molar-refractivity contribution in [1.29, 1.82) is 0 Å². The van der Waals surface area contributed by atoms with E-state index in [1.165, 1.54) is 4.57 Å². The number of benzene rings is 1. The Kier molecular flexibility index (Phi) is 4.03. The smallest absolute Gasteiger partial charge is 0.349 e. The Bertz CT molecular complexity index is 929. The van der Waals surface area contributed by atoms with E-state index in [1.807, 2.05) is 0 Å². The molecule has 137 valence electrons. The van der Waals surface area contributed by atoms with E-state index in [1.54, 1.807) is 64.2 Å². The summed E-state index contributed by atoms with van der Waals surface area (Å²) in [5, 5.41) is 26.1. The number of nitrogens with two attached hydrogens (primary N) is 1. The van der Waals surface area contributed by atoms with Gasteiger partial charge in [0.2, 0.25) is 0 Å². The Hall–Kier alpha value is -2.87. The highest BCUT2D eigenvalue weighted by Crippen LogP contribution is 2.37. The van der Waals surface area contributed by atoms with E-state index < -0.39 is 16.8 Å². The first-order valence-electron chi connectivity index (χ1n) is 8.29. The third kappa shape index (κ3) is 2.62. The van der Waals surface area contributed by atoms with E-state index in [-0.39, 0.29) is 11.7 Å². The van der Waals surface area contributed by atoms with Crippen molar-refractivity contribution in [2.24, 2.45) is 0 Å². The van der Waals surface area contributed by atoms with Crippen LogP contribution in [0.5, 0.6) is 0 Å². The molecular weight excluding hydrogens is 334 g/mol. The molecule has 0 aliphatic carbocycles. The fraction of sp³-hybridized carbons (Fsp3) is 0.389. The van der Waals surface area contributed by atoms with Gasteiger partial charge in [0.25, 0.3) is 0 Å². The Morgan fingerprint density at radius 3 is 2.27 bits per heavy atom. The third-order valence-corrected chi connectivity index (χ3v) is 5.36. The van der Waals surface area contributed by atoms with E-state index in [0.29, 0.717) is 12.1 Å². The first kappa shape index (κ1) is 17.9. The van der Waals surface area contributed by atoms with Gasteiger partial charge >= 0.3 is 11.5 Å². The molecule has 26 heavy (non-hydrogen) atoms. The van der Waals surface area contributed by atoms with Gasteiger partial charge in [-0.15, -0.1) is 0 Å². The minimum atomic E-state index is -0.855. The van der Waals surface area contributed by atoms with E-state index >= 15 is 0 Å². The Morgan fingerprint density at radius 2 is 1.77 bits per heavy atom. The zero-order chi connectivity index (χ0) is 19.3. The highest BCUT2D eigenvalue weighted by molar-refractivity contribution is 5.96. The minimum absolute atomic E-state index is 0.0952. The lowest BCUT2D eigenvalue weighted by Crippen LogP contribution is -2.53. The quantitative estimate of drug-likeness (QED) is 0.659. The van der Waals surface area contributed by atoms with Crippen LogP contribution >= 0.6 is 0 Å². The van der Waals surface area contributed by atoms with Gasteiger partial charge in [-0.1, -0.05) is 17.2 Å². The number of aromatic nitrogens is 2. The lowest BCUT2D eigenvalue weighted by Gasteiger charge is -2.32. The molecule has 0 unspecified atom stereocenters. The number of hydroxylamine groups is 3. The SMILES string of the molecule is CC1(C)N([O])C(c2ccc(Cn3ccc(N)nc3=O)cc2)=[N+]([O-])C1(C)C. The van der Waals surface area contributed by atoms with E-state index in [2.05, 4.69) is 4.98 Å². The molecule has 1 aliphatic heterocycles. The molecular formula is C18H22N5O3. The van der Waals surface area contributed by atoms with Crippen molar-refractivity contribution in [1.82, 2.24) is 14.6 Å². The van der Waals surface area contributed by atoms with Gasteiger partial charge in [-0.3, -0.25) is 9.31 Å². The first-order chi connectivity index (χ1) is 12.1.